The van der Waals surface area contributed by atoms with Crippen LogP contribution >= 0.6 is 11.8 Å². The van der Waals surface area contributed by atoms with Crippen LogP contribution in [0.25, 0.3) is 0 Å². The van der Waals surface area contributed by atoms with Crippen molar-refractivity contribution in [2.75, 3.05) is 11.5 Å². The first-order chi connectivity index (χ1) is 6.16. The van der Waals surface area contributed by atoms with Gasteiger partial charge in [0.1, 0.15) is 0 Å². The zero-order chi connectivity index (χ0) is 9.47. The summed E-state index contributed by atoms with van der Waals surface area (Å²) in [5, 5.41) is 0.802. The average molecular weight is 200 g/mol. The maximum Gasteiger partial charge on any atom is 0.250 e. The van der Waals surface area contributed by atoms with Gasteiger partial charge >= 0.3 is 0 Å². The van der Waals surface area contributed by atoms with Crippen LogP contribution in [-0.2, 0) is 9.59 Å². The van der Waals surface area contributed by atoms with Gasteiger partial charge in [-0.25, -0.2) is 10.9 Å². The fraction of sp³-hybridized carbons (Fsp3) is 0.750. The van der Waals surface area contributed by atoms with Gasteiger partial charge in [0.05, 0.1) is 5.41 Å². The molecular weight excluding hydrogens is 188 g/mol. The maximum atomic E-state index is 11.7. The Kier molecular flexibility index (Phi) is 2.08. The Morgan fingerprint density at radius 2 is 1.92 bits per heavy atom. The predicted octanol–water partition coefficient (Wildman–Crippen LogP) is 0.132. The summed E-state index contributed by atoms with van der Waals surface area (Å²) in [6.45, 7) is 0. The van der Waals surface area contributed by atoms with Gasteiger partial charge in [-0.15, -0.1) is 0 Å². The van der Waals surface area contributed by atoms with Crippen LogP contribution in [0.3, 0.4) is 0 Å². The maximum absolute atomic E-state index is 11.7. The lowest BCUT2D eigenvalue weighted by Gasteiger charge is -2.29. The molecular formula is C8H12N2O2S. The molecule has 2 N–H and O–H groups in total. The Labute approximate surface area is 80.8 Å². The van der Waals surface area contributed by atoms with E-state index in [1.807, 2.05) is 11.8 Å². The van der Waals surface area contributed by atoms with Gasteiger partial charge in [-0.1, -0.05) is 0 Å². The normalized spacial score (nSPS) is 27.3. The molecule has 2 aliphatic rings. The highest BCUT2D eigenvalue weighted by Gasteiger charge is 2.50. The summed E-state index contributed by atoms with van der Waals surface area (Å²) < 4.78 is 0. The summed E-state index contributed by atoms with van der Waals surface area (Å²) in [6, 6.07) is 0. The van der Waals surface area contributed by atoms with Gasteiger partial charge in [0.15, 0.2) is 0 Å². The highest BCUT2D eigenvalue weighted by Crippen LogP contribution is 2.43. The van der Waals surface area contributed by atoms with Crippen LogP contribution in [-0.4, -0.2) is 28.3 Å². The minimum atomic E-state index is -0.433. The van der Waals surface area contributed by atoms with Gasteiger partial charge in [-0.05, 0) is 24.3 Å². The summed E-state index contributed by atoms with van der Waals surface area (Å²) in [4.78, 5) is 22.9. The van der Waals surface area contributed by atoms with E-state index in [1.165, 1.54) is 0 Å². The minimum absolute atomic E-state index is 0.169. The van der Waals surface area contributed by atoms with Crippen molar-refractivity contribution in [3.8, 4) is 0 Å². The van der Waals surface area contributed by atoms with Crippen LogP contribution in [0.1, 0.15) is 19.3 Å². The van der Waals surface area contributed by atoms with E-state index in [4.69, 9.17) is 5.84 Å². The number of hydrogen-bond acceptors (Lipinski definition) is 4. The Morgan fingerprint density at radius 3 is 2.38 bits per heavy atom. The van der Waals surface area contributed by atoms with E-state index >= 15 is 0 Å². The fourth-order valence-corrected chi connectivity index (χ4v) is 3.25. The quantitative estimate of drug-likeness (QED) is 0.343. The zero-order valence-electron chi connectivity index (χ0n) is 7.28. The lowest BCUT2D eigenvalue weighted by atomic mass is 9.80. The van der Waals surface area contributed by atoms with Crippen molar-refractivity contribution >= 4 is 23.6 Å². The van der Waals surface area contributed by atoms with Gasteiger partial charge in [-0.2, -0.15) is 11.8 Å². The number of nitrogens with two attached hydrogens (primary N) is 1. The molecule has 4 nitrogen and oxygen atoms in total. The SMILES string of the molecule is NN1C(=O)CC2(CCSCC2)C1=O. The fourth-order valence-electron chi connectivity index (χ4n) is 1.97. The standard InChI is InChI=1S/C8H12N2O2S/c9-10-6(11)5-8(7(10)12)1-3-13-4-2-8/h1-5,9H2. The van der Waals surface area contributed by atoms with Crippen molar-refractivity contribution < 1.29 is 9.59 Å². The molecule has 2 fully saturated rings. The second-order valence-electron chi connectivity index (χ2n) is 3.64. The van der Waals surface area contributed by atoms with Crippen LogP contribution < -0.4 is 5.84 Å². The third-order valence-corrected chi connectivity index (χ3v) is 3.87. The number of imide groups is 1. The molecule has 13 heavy (non-hydrogen) atoms. The Bertz CT molecular complexity index is 261. The van der Waals surface area contributed by atoms with Gasteiger partial charge in [0, 0.05) is 6.42 Å². The summed E-state index contributed by atoms with van der Waals surface area (Å²) in [6.07, 6.45) is 1.93. The second-order valence-corrected chi connectivity index (χ2v) is 4.86. The van der Waals surface area contributed by atoms with Crippen molar-refractivity contribution in [3.05, 3.63) is 0 Å². The molecule has 0 aromatic rings. The molecule has 2 amide bonds. The second kappa shape index (κ2) is 2.99. The smallest absolute Gasteiger partial charge is 0.250 e. The molecule has 72 valence electrons. The monoisotopic (exact) mass is 200 g/mol. The first-order valence-electron chi connectivity index (χ1n) is 4.36. The largest absolute Gasteiger partial charge is 0.273 e. The van der Waals surface area contributed by atoms with E-state index < -0.39 is 5.41 Å². The molecule has 0 aliphatic carbocycles. The number of hydrazine groups is 1. The summed E-state index contributed by atoms with van der Waals surface area (Å²) in [5.74, 6) is 6.89. The summed E-state index contributed by atoms with van der Waals surface area (Å²) >= 11 is 1.84. The predicted molar refractivity (Wildman–Crippen MR) is 49.6 cm³/mol. The van der Waals surface area contributed by atoms with Crippen LogP contribution in [0, 0.1) is 5.41 Å². The van der Waals surface area contributed by atoms with Crippen LogP contribution in [0.4, 0.5) is 0 Å². The molecule has 0 unspecified atom stereocenters. The lowest BCUT2D eigenvalue weighted by Crippen LogP contribution is -2.41. The molecule has 0 aromatic heterocycles. The molecule has 0 aromatic carbocycles. The average Bonchev–Trinajstić information content (AvgIpc) is 2.33. The van der Waals surface area contributed by atoms with Gasteiger partial charge in [0.25, 0.3) is 0 Å². The molecule has 5 heteroatoms. The third-order valence-electron chi connectivity index (χ3n) is 2.88. The van der Waals surface area contributed by atoms with Gasteiger partial charge in [-0.3, -0.25) is 9.59 Å². The van der Waals surface area contributed by atoms with E-state index in [2.05, 4.69) is 0 Å². The lowest BCUT2D eigenvalue weighted by molar-refractivity contribution is -0.141. The van der Waals surface area contributed by atoms with E-state index in [1.54, 1.807) is 0 Å². The van der Waals surface area contributed by atoms with Crippen molar-refractivity contribution in [3.63, 3.8) is 0 Å². The van der Waals surface area contributed by atoms with E-state index in [0.717, 1.165) is 29.4 Å². The summed E-state index contributed by atoms with van der Waals surface area (Å²) in [5.41, 5.74) is -0.433. The third kappa shape index (κ3) is 1.26. The van der Waals surface area contributed by atoms with E-state index in [-0.39, 0.29) is 11.8 Å². The van der Waals surface area contributed by atoms with Crippen LogP contribution in [0.2, 0.25) is 0 Å². The minimum Gasteiger partial charge on any atom is -0.273 e. The number of amides is 2. The number of carbonyl (C=O) groups is 2. The van der Waals surface area contributed by atoms with Crippen molar-refractivity contribution in [1.29, 1.82) is 0 Å². The number of thioether (sulfide) groups is 1. The number of hydrogen-bond donors (Lipinski definition) is 1. The Balaban J connectivity index is 2.23. The zero-order valence-corrected chi connectivity index (χ0v) is 8.10. The first-order valence-corrected chi connectivity index (χ1v) is 5.51. The first kappa shape index (κ1) is 9.02. The van der Waals surface area contributed by atoms with E-state index in [0.29, 0.717) is 6.42 Å². The van der Waals surface area contributed by atoms with Crippen LogP contribution in [0.5, 0.6) is 0 Å². The topological polar surface area (TPSA) is 63.4 Å². The van der Waals surface area contributed by atoms with Crippen LogP contribution in [0.15, 0.2) is 0 Å². The molecule has 0 atom stereocenters. The summed E-state index contributed by atoms with van der Waals surface area (Å²) in [7, 11) is 0. The molecule has 2 rings (SSSR count). The molecule has 0 saturated carbocycles. The molecule has 1 spiro atoms. The van der Waals surface area contributed by atoms with Crippen molar-refractivity contribution in [1.82, 2.24) is 5.01 Å². The van der Waals surface area contributed by atoms with Crippen molar-refractivity contribution in [2.24, 2.45) is 11.3 Å². The Morgan fingerprint density at radius 1 is 1.31 bits per heavy atom. The number of nitrogens with zero attached hydrogens (tertiary/aromatic N) is 1. The van der Waals surface area contributed by atoms with Gasteiger partial charge < -0.3 is 0 Å². The van der Waals surface area contributed by atoms with Gasteiger partial charge in [0.2, 0.25) is 11.8 Å². The number of carbonyl (C=O) groups excluding carboxylic acids is 2. The molecule has 2 aliphatic heterocycles. The molecule has 0 radical (unpaired) electrons. The Hall–Kier alpha value is -0.550. The highest BCUT2D eigenvalue weighted by atomic mass is 32.2. The number of rotatable bonds is 0. The molecule has 0 bridgehead atoms. The molecule has 2 heterocycles. The van der Waals surface area contributed by atoms with Crippen molar-refractivity contribution in [2.45, 2.75) is 19.3 Å². The van der Waals surface area contributed by atoms with E-state index in [9.17, 15) is 9.59 Å². The molecule has 2 saturated heterocycles. The highest BCUT2D eigenvalue weighted by molar-refractivity contribution is 7.99.